The first-order valence-corrected chi connectivity index (χ1v) is 7.68. The number of halogens is 3. The number of benzene rings is 1. The number of nitrogens with zero attached hydrogens (tertiary/aromatic N) is 1. The van der Waals surface area contributed by atoms with E-state index in [1.807, 2.05) is 0 Å². The minimum Gasteiger partial charge on any atom is -0.391 e. The summed E-state index contributed by atoms with van der Waals surface area (Å²) in [5.41, 5.74) is 0.134. The molecule has 1 amide bonds. The van der Waals surface area contributed by atoms with Crippen LogP contribution in [0.1, 0.15) is 6.42 Å². The summed E-state index contributed by atoms with van der Waals surface area (Å²) in [7, 11) is -5.42. The zero-order valence-corrected chi connectivity index (χ0v) is 11.9. The standard InChI is InChI=1S/C12H13F3N2O4S/c13-12(14,15)22(20,21)9-3-1-7(2-4-9)17-6-8(18)5-10(17)11(16)19/h1-4,8,10,18H,5-6H2,(H2,16,19)/t8-,10+/m1/s1. The monoisotopic (exact) mass is 338 g/mol. The number of β-amino-alcohol motifs (C(OH)–C–C–N with tert-alkyl or cyclic N) is 1. The van der Waals surface area contributed by atoms with Crippen LogP contribution >= 0.6 is 0 Å². The molecule has 1 aromatic rings. The van der Waals surface area contributed by atoms with Crippen LogP contribution in [0.15, 0.2) is 29.2 Å². The van der Waals surface area contributed by atoms with Crippen molar-refractivity contribution in [1.29, 1.82) is 0 Å². The van der Waals surface area contributed by atoms with E-state index in [1.54, 1.807) is 0 Å². The van der Waals surface area contributed by atoms with E-state index in [0.29, 0.717) is 5.69 Å². The van der Waals surface area contributed by atoms with Crippen molar-refractivity contribution in [1.82, 2.24) is 0 Å². The van der Waals surface area contributed by atoms with Crippen LogP contribution in [0.2, 0.25) is 0 Å². The molecule has 1 aliphatic heterocycles. The molecule has 22 heavy (non-hydrogen) atoms. The van der Waals surface area contributed by atoms with Gasteiger partial charge in [0.2, 0.25) is 5.91 Å². The molecule has 0 aromatic heterocycles. The molecule has 0 spiro atoms. The van der Waals surface area contributed by atoms with Crippen LogP contribution < -0.4 is 10.6 Å². The van der Waals surface area contributed by atoms with Gasteiger partial charge in [-0.25, -0.2) is 8.42 Å². The second kappa shape index (κ2) is 5.43. The summed E-state index contributed by atoms with van der Waals surface area (Å²) in [5, 5.41) is 9.58. The number of carbonyl (C=O) groups excluding carboxylic acids is 1. The van der Waals surface area contributed by atoms with Crippen molar-refractivity contribution in [2.75, 3.05) is 11.4 Å². The number of alkyl halides is 3. The van der Waals surface area contributed by atoms with Crippen molar-refractivity contribution in [2.45, 2.75) is 29.0 Å². The van der Waals surface area contributed by atoms with Gasteiger partial charge in [-0.2, -0.15) is 13.2 Å². The Morgan fingerprint density at radius 1 is 1.27 bits per heavy atom. The topological polar surface area (TPSA) is 101 Å². The van der Waals surface area contributed by atoms with E-state index in [4.69, 9.17) is 5.73 Å². The molecule has 2 rings (SSSR count). The van der Waals surface area contributed by atoms with E-state index in [1.165, 1.54) is 4.90 Å². The fraction of sp³-hybridized carbons (Fsp3) is 0.417. The van der Waals surface area contributed by atoms with Crippen LogP contribution in [0.3, 0.4) is 0 Å². The van der Waals surface area contributed by atoms with Crippen LogP contribution in [0.5, 0.6) is 0 Å². The number of anilines is 1. The van der Waals surface area contributed by atoms with Crippen molar-refractivity contribution >= 4 is 21.4 Å². The molecule has 6 nitrogen and oxygen atoms in total. The Morgan fingerprint density at radius 3 is 2.27 bits per heavy atom. The molecule has 1 heterocycles. The third kappa shape index (κ3) is 2.88. The van der Waals surface area contributed by atoms with E-state index in [9.17, 15) is 31.5 Å². The van der Waals surface area contributed by atoms with Crippen molar-refractivity contribution in [2.24, 2.45) is 5.73 Å². The first-order valence-electron chi connectivity index (χ1n) is 6.19. The van der Waals surface area contributed by atoms with Gasteiger partial charge in [0.15, 0.2) is 0 Å². The highest BCUT2D eigenvalue weighted by molar-refractivity contribution is 7.92. The molecule has 3 N–H and O–H groups in total. The number of aliphatic hydroxyl groups excluding tert-OH is 1. The van der Waals surface area contributed by atoms with Gasteiger partial charge in [-0.3, -0.25) is 4.79 Å². The molecule has 0 bridgehead atoms. The summed E-state index contributed by atoms with van der Waals surface area (Å²) < 4.78 is 59.9. The highest BCUT2D eigenvalue weighted by atomic mass is 32.2. The van der Waals surface area contributed by atoms with Gasteiger partial charge in [0.25, 0.3) is 9.84 Å². The van der Waals surface area contributed by atoms with Crippen molar-refractivity contribution in [3.8, 4) is 0 Å². The van der Waals surface area contributed by atoms with Crippen molar-refractivity contribution in [3.63, 3.8) is 0 Å². The first kappa shape index (κ1) is 16.6. The van der Waals surface area contributed by atoms with Gasteiger partial charge < -0.3 is 15.7 Å². The van der Waals surface area contributed by atoms with Crippen LogP contribution in [0, 0.1) is 0 Å². The third-order valence-electron chi connectivity index (χ3n) is 3.39. The number of amides is 1. The van der Waals surface area contributed by atoms with E-state index < -0.39 is 38.3 Å². The zero-order chi connectivity index (χ0) is 16.7. The minimum atomic E-state index is -5.42. The lowest BCUT2D eigenvalue weighted by Gasteiger charge is -2.24. The third-order valence-corrected chi connectivity index (χ3v) is 4.89. The van der Waals surface area contributed by atoms with Crippen molar-refractivity contribution in [3.05, 3.63) is 24.3 Å². The Kier molecular flexibility index (Phi) is 4.09. The average Bonchev–Trinajstić information content (AvgIpc) is 2.80. The summed E-state index contributed by atoms with van der Waals surface area (Å²) in [6, 6.07) is 3.11. The molecule has 0 saturated carbocycles. The molecular weight excluding hydrogens is 325 g/mol. The van der Waals surface area contributed by atoms with E-state index >= 15 is 0 Å². The number of primary amides is 1. The Balaban J connectivity index is 2.32. The number of sulfone groups is 1. The largest absolute Gasteiger partial charge is 0.501 e. The smallest absolute Gasteiger partial charge is 0.391 e. The number of aliphatic hydroxyl groups is 1. The maximum Gasteiger partial charge on any atom is 0.501 e. The fourth-order valence-electron chi connectivity index (χ4n) is 2.32. The van der Waals surface area contributed by atoms with Crippen molar-refractivity contribution < 1.29 is 31.5 Å². The zero-order valence-electron chi connectivity index (χ0n) is 11.1. The quantitative estimate of drug-likeness (QED) is 0.831. The maximum atomic E-state index is 12.4. The van der Waals surface area contributed by atoms with Gasteiger partial charge in [0.1, 0.15) is 6.04 Å². The van der Waals surface area contributed by atoms with Crippen LogP contribution in [0.4, 0.5) is 18.9 Å². The SMILES string of the molecule is NC(=O)[C@@H]1C[C@@H](O)CN1c1ccc(S(=O)(=O)C(F)(F)F)cc1. The molecule has 1 saturated heterocycles. The molecule has 0 aliphatic carbocycles. The van der Waals surface area contributed by atoms with Crippen LogP contribution in [-0.4, -0.2) is 43.6 Å². The Bertz CT molecular complexity index is 673. The summed E-state index contributed by atoms with van der Waals surface area (Å²) in [6.07, 6.45) is -0.686. The molecule has 2 atom stereocenters. The molecule has 10 heteroatoms. The van der Waals surface area contributed by atoms with Gasteiger partial charge in [0, 0.05) is 18.7 Å². The lowest BCUT2D eigenvalue weighted by molar-refractivity contribution is -0.119. The highest BCUT2D eigenvalue weighted by Gasteiger charge is 2.47. The van der Waals surface area contributed by atoms with Crippen LogP contribution in [-0.2, 0) is 14.6 Å². The summed E-state index contributed by atoms with van der Waals surface area (Å²) in [4.78, 5) is 11.9. The molecule has 0 unspecified atom stereocenters. The molecular formula is C12H13F3N2O4S. The average molecular weight is 338 g/mol. The number of hydrogen-bond donors (Lipinski definition) is 2. The molecule has 0 radical (unpaired) electrons. The lowest BCUT2D eigenvalue weighted by Crippen LogP contribution is -2.40. The Morgan fingerprint density at radius 2 is 1.82 bits per heavy atom. The Hall–Kier alpha value is -1.81. The normalized spacial score (nSPS) is 22.8. The van der Waals surface area contributed by atoms with Gasteiger partial charge >= 0.3 is 5.51 Å². The summed E-state index contributed by atoms with van der Waals surface area (Å²) >= 11 is 0. The lowest BCUT2D eigenvalue weighted by atomic mass is 10.2. The number of nitrogens with two attached hydrogens (primary N) is 1. The van der Waals surface area contributed by atoms with Gasteiger partial charge in [0.05, 0.1) is 11.0 Å². The van der Waals surface area contributed by atoms with E-state index in [2.05, 4.69) is 0 Å². The van der Waals surface area contributed by atoms with E-state index in [0.717, 1.165) is 24.3 Å². The highest BCUT2D eigenvalue weighted by Crippen LogP contribution is 2.32. The second-order valence-electron chi connectivity index (χ2n) is 4.90. The summed E-state index contributed by atoms with van der Waals surface area (Å²) in [6.45, 7) is 0.0823. The van der Waals surface area contributed by atoms with Gasteiger partial charge in [-0.1, -0.05) is 0 Å². The molecule has 122 valence electrons. The second-order valence-corrected chi connectivity index (χ2v) is 6.84. The number of rotatable bonds is 3. The molecule has 1 aliphatic rings. The molecule has 1 aromatic carbocycles. The predicted molar refractivity (Wildman–Crippen MR) is 70.6 cm³/mol. The number of carbonyl (C=O) groups is 1. The first-order chi connectivity index (χ1) is 10.0. The summed E-state index contributed by atoms with van der Waals surface area (Å²) in [5.74, 6) is -0.677. The Labute approximate surface area is 124 Å². The van der Waals surface area contributed by atoms with Crippen LogP contribution in [0.25, 0.3) is 0 Å². The minimum absolute atomic E-state index is 0.0823. The number of hydrogen-bond acceptors (Lipinski definition) is 5. The fourth-order valence-corrected chi connectivity index (χ4v) is 3.08. The van der Waals surface area contributed by atoms with Gasteiger partial charge in [-0.05, 0) is 24.3 Å². The molecule has 1 fully saturated rings. The predicted octanol–water partition coefficient (Wildman–Crippen LogP) is 0.405. The van der Waals surface area contributed by atoms with E-state index in [-0.39, 0.29) is 13.0 Å². The maximum absolute atomic E-state index is 12.4. The van der Waals surface area contributed by atoms with Gasteiger partial charge in [-0.15, -0.1) is 0 Å².